The Morgan fingerprint density at radius 3 is 2.78 bits per heavy atom. The number of rotatable bonds is 3. The first-order chi connectivity index (χ1) is 11.2. The maximum absolute atomic E-state index is 13.7. The molecular formula is C19H24FNO2. The van der Waals surface area contributed by atoms with E-state index in [0.717, 1.165) is 25.4 Å². The maximum atomic E-state index is 13.7. The van der Waals surface area contributed by atoms with E-state index in [4.69, 9.17) is 4.74 Å². The molecule has 1 amide bonds. The van der Waals surface area contributed by atoms with E-state index in [2.05, 4.69) is 0 Å². The highest BCUT2D eigenvalue weighted by Gasteiger charge is 2.32. The first-order valence-corrected chi connectivity index (χ1v) is 8.48. The summed E-state index contributed by atoms with van der Waals surface area (Å²) in [5.41, 5.74) is 0.671. The molecule has 3 nitrogen and oxygen atoms in total. The predicted octanol–water partition coefficient (Wildman–Crippen LogP) is 3.89. The second kappa shape index (κ2) is 7.16. The van der Waals surface area contributed by atoms with Crippen LogP contribution >= 0.6 is 0 Å². The summed E-state index contributed by atoms with van der Waals surface area (Å²) in [6.45, 7) is 1.73. The summed E-state index contributed by atoms with van der Waals surface area (Å²) in [5, 5.41) is 0. The van der Waals surface area contributed by atoms with Gasteiger partial charge in [0, 0.05) is 19.2 Å². The second-order valence-electron chi connectivity index (χ2n) is 6.60. The van der Waals surface area contributed by atoms with Crippen molar-refractivity contribution in [2.24, 2.45) is 11.8 Å². The molecule has 2 aliphatic rings. The number of halogens is 1. The standard InChI is InChI=1S/C19H24FNO2/c1-23-18-8-6-14(12-17(18)20)7-9-19(22)21-11-10-15-4-2-3-5-16(15)13-21/h6-9,12,15-16H,2-5,10-11,13H2,1H3/b9-7+/t15-,16-/m1/s1. The van der Waals surface area contributed by atoms with E-state index >= 15 is 0 Å². The predicted molar refractivity (Wildman–Crippen MR) is 88.6 cm³/mol. The highest BCUT2D eigenvalue weighted by Crippen LogP contribution is 2.36. The topological polar surface area (TPSA) is 29.5 Å². The average molecular weight is 317 g/mol. The van der Waals surface area contributed by atoms with E-state index in [0.29, 0.717) is 11.5 Å². The minimum atomic E-state index is -0.412. The Morgan fingerprint density at radius 1 is 1.26 bits per heavy atom. The quantitative estimate of drug-likeness (QED) is 0.792. The lowest BCUT2D eigenvalue weighted by Gasteiger charge is -2.41. The van der Waals surface area contributed by atoms with Crippen LogP contribution in [0.1, 0.15) is 37.7 Å². The molecule has 0 aromatic heterocycles. The second-order valence-corrected chi connectivity index (χ2v) is 6.60. The van der Waals surface area contributed by atoms with E-state index < -0.39 is 5.82 Å². The van der Waals surface area contributed by atoms with E-state index in [-0.39, 0.29) is 11.7 Å². The number of nitrogens with zero attached hydrogens (tertiary/aromatic N) is 1. The Labute approximate surface area is 137 Å². The molecule has 0 spiro atoms. The number of piperidine rings is 1. The molecule has 23 heavy (non-hydrogen) atoms. The van der Waals surface area contributed by atoms with Crippen molar-refractivity contribution in [1.82, 2.24) is 4.90 Å². The third-order valence-electron chi connectivity index (χ3n) is 5.20. The van der Waals surface area contributed by atoms with Crippen LogP contribution in [-0.2, 0) is 4.79 Å². The average Bonchev–Trinajstić information content (AvgIpc) is 2.59. The third kappa shape index (κ3) is 3.74. The zero-order chi connectivity index (χ0) is 16.2. The summed E-state index contributed by atoms with van der Waals surface area (Å²) in [4.78, 5) is 14.3. The lowest BCUT2D eigenvalue weighted by Crippen LogP contribution is -2.44. The van der Waals surface area contributed by atoms with Gasteiger partial charge in [-0.15, -0.1) is 0 Å². The molecule has 2 fully saturated rings. The molecule has 1 aliphatic carbocycles. The van der Waals surface area contributed by atoms with Crippen LogP contribution in [0, 0.1) is 17.7 Å². The fourth-order valence-electron chi connectivity index (χ4n) is 3.86. The molecule has 1 aromatic carbocycles. The molecular weight excluding hydrogens is 293 g/mol. The van der Waals surface area contributed by atoms with Gasteiger partial charge in [-0.25, -0.2) is 4.39 Å². The van der Waals surface area contributed by atoms with Gasteiger partial charge in [0.05, 0.1) is 7.11 Å². The normalized spacial score (nSPS) is 24.5. The summed E-state index contributed by atoms with van der Waals surface area (Å²) in [6, 6.07) is 4.71. The third-order valence-corrected chi connectivity index (χ3v) is 5.20. The zero-order valence-electron chi connectivity index (χ0n) is 13.6. The van der Waals surface area contributed by atoms with Crippen molar-refractivity contribution in [3.05, 3.63) is 35.7 Å². The van der Waals surface area contributed by atoms with Crippen molar-refractivity contribution >= 4 is 12.0 Å². The molecule has 0 bridgehead atoms. The molecule has 1 heterocycles. The van der Waals surface area contributed by atoms with Crippen LogP contribution in [0.4, 0.5) is 4.39 Å². The molecule has 1 aliphatic heterocycles. The van der Waals surface area contributed by atoms with Crippen LogP contribution in [0.2, 0.25) is 0 Å². The molecule has 1 saturated carbocycles. The van der Waals surface area contributed by atoms with Gasteiger partial charge < -0.3 is 9.64 Å². The maximum Gasteiger partial charge on any atom is 0.246 e. The summed E-state index contributed by atoms with van der Waals surface area (Å²) in [5.74, 6) is 1.32. The number of carbonyl (C=O) groups is 1. The van der Waals surface area contributed by atoms with Crippen LogP contribution in [0.25, 0.3) is 6.08 Å². The molecule has 1 saturated heterocycles. The van der Waals surface area contributed by atoms with Crippen LogP contribution in [0.3, 0.4) is 0 Å². The molecule has 4 heteroatoms. The fourth-order valence-corrected chi connectivity index (χ4v) is 3.86. The minimum absolute atomic E-state index is 0.0326. The number of hydrogen-bond acceptors (Lipinski definition) is 2. The van der Waals surface area contributed by atoms with Gasteiger partial charge in [0.15, 0.2) is 11.6 Å². The molecule has 3 rings (SSSR count). The van der Waals surface area contributed by atoms with E-state index in [1.54, 1.807) is 24.3 Å². The van der Waals surface area contributed by atoms with Crippen molar-refractivity contribution < 1.29 is 13.9 Å². The van der Waals surface area contributed by atoms with Crippen LogP contribution in [0.5, 0.6) is 5.75 Å². The van der Waals surface area contributed by atoms with E-state index in [1.807, 2.05) is 4.90 Å². The number of likely N-dealkylation sites (tertiary alicyclic amines) is 1. The Bertz CT molecular complexity index is 599. The van der Waals surface area contributed by atoms with Crippen molar-refractivity contribution in [3.63, 3.8) is 0 Å². The SMILES string of the molecule is COc1ccc(/C=C/C(=O)N2CC[C@H]3CCCC[C@@H]3C2)cc1F. The number of carbonyl (C=O) groups excluding carboxylic acids is 1. The first-order valence-electron chi connectivity index (χ1n) is 8.48. The molecule has 2 atom stereocenters. The van der Waals surface area contributed by atoms with Crippen LogP contribution in [-0.4, -0.2) is 31.0 Å². The van der Waals surface area contributed by atoms with Crippen molar-refractivity contribution in [2.75, 3.05) is 20.2 Å². The fraction of sp³-hybridized carbons (Fsp3) is 0.526. The summed E-state index contributed by atoms with van der Waals surface area (Å²) < 4.78 is 18.6. The number of fused-ring (bicyclic) bond motifs is 1. The highest BCUT2D eigenvalue weighted by molar-refractivity contribution is 5.91. The monoisotopic (exact) mass is 317 g/mol. The zero-order valence-corrected chi connectivity index (χ0v) is 13.6. The molecule has 1 aromatic rings. The molecule has 0 radical (unpaired) electrons. The Kier molecular flexibility index (Phi) is 4.99. The number of methoxy groups -OCH3 is 1. The van der Waals surface area contributed by atoms with Gasteiger partial charge in [-0.1, -0.05) is 25.3 Å². The number of amides is 1. The number of ether oxygens (including phenoxy) is 1. The summed E-state index contributed by atoms with van der Waals surface area (Å²) in [6.07, 6.45) is 9.58. The minimum Gasteiger partial charge on any atom is -0.494 e. The van der Waals surface area contributed by atoms with Gasteiger partial charge in [0.2, 0.25) is 5.91 Å². The van der Waals surface area contributed by atoms with E-state index in [9.17, 15) is 9.18 Å². The Balaban J connectivity index is 1.61. The Hall–Kier alpha value is -1.84. The smallest absolute Gasteiger partial charge is 0.246 e. The van der Waals surface area contributed by atoms with Crippen molar-refractivity contribution in [1.29, 1.82) is 0 Å². The number of hydrogen-bond donors (Lipinski definition) is 0. The van der Waals surface area contributed by atoms with Gasteiger partial charge in [-0.3, -0.25) is 4.79 Å². The van der Waals surface area contributed by atoms with E-state index in [1.165, 1.54) is 38.9 Å². The van der Waals surface area contributed by atoms with Crippen LogP contribution in [0.15, 0.2) is 24.3 Å². The number of benzene rings is 1. The van der Waals surface area contributed by atoms with Gasteiger partial charge in [0.1, 0.15) is 0 Å². The summed E-state index contributed by atoms with van der Waals surface area (Å²) in [7, 11) is 1.44. The van der Waals surface area contributed by atoms with Gasteiger partial charge in [-0.05, 0) is 48.4 Å². The van der Waals surface area contributed by atoms with Crippen LogP contribution < -0.4 is 4.74 Å². The van der Waals surface area contributed by atoms with Crippen molar-refractivity contribution in [3.8, 4) is 5.75 Å². The highest BCUT2D eigenvalue weighted by atomic mass is 19.1. The summed E-state index contributed by atoms with van der Waals surface area (Å²) >= 11 is 0. The lowest BCUT2D eigenvalue weighted by molar-refractivity contribution is -0.128. The van der Waals surface area contributed by atoms with Crippen molar-refractivity contribution in [2.45, 2.75) is 32.1 Å². The molecule has 124 valence electrons. The molecule has 0 N–H and O–H groups in total. The Morgan fingerprint density at radius 2 is 2.04 bits per heavy atom. The first kappa shape index (κ1) is 16.0. The molecule has 0 unspecified atom stereocenters. The van der Waals surface area contributed by atoms with Gasteiger partial charge in [-0.2, -0.15) is 0 Å². The van der Waals surface area contributed by atoms with Gasteiger partial charge in [0.25, 0.3) is 0 Å². The largest absolute Gasteiger partial charge is 0.494 e. The van der Waals surface area contributed by atoms with Gasteiger partial charge >= 0.3 is 0 Å². The lowest BCUT2D eigenvalue weighted by atomic mass is 9.75.